The summed E-state index contributed by atoms with van der Waals surface area (Å²) in [7, 11) is 0. The van der Waals surface area contributed by atoms with Gasteiger partial charge in [-0.25, -0.2) is 0 Å². The predicted octanol–water partition coefficient (Wildman–Crippen LogP) is 6.10. The number of ether oxygens (including phenoxy) is 1. The van der Waals surface area contributed by atoms with Crippen LogP contribution in [0.5, 0.6) is 0 Å². The maximum atomic E-state index is 10.2. The van der Waals surface area contributed by atoms with Crippen LogP contribution in [0.4, 0.5) is 5.69 Å². The van der Waals surface area contributed by atoms with Crippen LogP contribution < -0.4 is 10.2 Å². The number of aliphatic hydroxyl groups is 1. The van der Waals surface area contributed by atoms with Crippen molar-refractivity contribution in [3.8, 4) is 11.3 Å². The maximum Gasteiger partial charge on any atom is 0.0999 e. The SMILES string of the molecule is CC(C)C(NCc1ccc2[nH]nc(-c3ccc(N4C5COCC4CC(O)C5)cc3)c2c1)c1ccccc1Cl. The monoisotopic (exact) mass is 530 g/mol. The number of benzene rings is 3. The van der Waals surface area contributed by atoms with Crippen molar-refractivity contribution in [1.82, 2.24) is 15.5 Å². The number of aromatic nitrogens is 2. The van der Waals surface area contributed by atoms with E-state index in [1.54, 1.807) is 0 Å². The quantitative estimate of drug-likeness (QED) is 0.269. The highest BCUT2D eigenvalue weighted by Gasteiger charge is 2.38. The number of nitrogens with one attached hydrogen (secondary N) is 2. The Morgan fingerprint density at radius 1 is 1.05 bits per heavy atom. The molecule has 3 unspecified atom stereocenters. The van der Waals surface area contributed by atoms with Crippen molar-refractivity contribution in [2.75, 3.05) is 18.1 Å². The number of H-pyrrole nitrogens is 1. The highest BCUT2D eigenvalue weighted by Crippen LogP contribution is 2.35. The molecule has 3 atom stereocenters. The molecule has 0 amide bonds. The largest absolute Gasteiger partial charge is 0.393 e. The average molecular weight is 531 g/mol. The van der Waals surface area contributed by atoms with E-state index in [0.717, 1.165) is 52.1 Å². The van der Waals surface area contributed by atoms with Crippen LogP contribution in [-0.2, 0) is 11.3 Å². The summed E-state index contributed by atoms with van der Waals surface area (Å²) in [6.45, 7) is 6.51. The van der Waals surface area contributed by atoms with Gasteiger partial charge in [-0.2, -0.15) is 5.10 Å². The summed E-state index contributed by atoms with van der Waals surface area (Å²) in [5.74, 6) is 0.399. The number of fused-ring (bicyclic) bond motifs is 3. The van der Waals surface area contributed by atoms with Crippen molar-refractivity contribution in [2.24, 2.45) is 5.92 Å². The predicted molar refractivity (Wildman–Crippen MR) is 154 cm³/mol. The van der Waals surface area contributed by atoms with Crippen molar-refractivity contribution in [3.63, 3.8) is 0 Å². The Morgan fingerprint density at radius 2 is 1.79 bits per heavy atom. The van der Waals surface area contributed by atoms with Gasteiger partial charge in [-0.05, 0) is 60.2 Å². The second-order valence-corrected chi connectivity index (χ2v) is 11.4. The topological polar surface area (TPSA) is 73.4 Å². The number of aromatic amines is 1. The standard InChI is InChI=1S/C31H35ClN4O2/c1-19(2)30(26-5-3-4-6-28(26)32)33-16-20-7-12-29-27(13-20)31(35-34-29)21-8-10-22(11-9-21)36-23-14-25(37)15-24(36)18-38-17-23/h3-13,19,23-25,30,33,37H,14-18H2,1-2H3,(H,34,35). The molecule has 198 valence electrons. The molecule has 7 heteroatoms. The van der Waals surface area contributed by atoms with Crippen LogP contribution in [0.2, 0.25) is 5.02 Å². The van der Waals surface area contributed by atoms with Crippen LogP contribution in [0.3, 0.4) is 0 Å². The third-order valence-corrected chi connectivity index (χ3v) is 8.34. The lowest BCUT2D eigenvalue weighted by Gasteiger charge is -2.48. The molecule has 38 heavy (non-hydrogen) atoms. The molecule has 0 spiro atoms. The maximum absolute atomic E-state index is 10.2. The summed E-state index contributed by atoms with van der Waals surface area (Å²) in [5.41, 5.74) is 6.58. The van der Waals surface area contributed by atoms with E-state index in [1.165, 1.54) is 11.3 Å². The van der Waals surface area contributed by atoms with Crippen molar-refractivity contribution in [2.45, 2.75) is 57.5 Å². The second kappa shape index (κ2) is 10.7. The second-order valence-electron chi connectivity index (χ2n) is 11.0. The molecule has 4 aromatic rings. The molecule has 3 aromatic carbocycles. The van der Waals surface area contributed by atoms with Gasteiger partial charge in [-0.3, -0.25) is 5.10 Å². The summed E-state index contributed by atoms with van der Waals surface area (Å²) in [6, 6.07) is 23.9. The molecular weight excluding hydrogens is 496 g/mol. The van der Waals surface area contributed by atoms with E-state index < -0.39 is 0 Å². The summed E-state index contributed by atoms with van der Waals surface area (Å²) in [5, 5.41) is 23.7. The Hall–Kier alpha value is -2.90. The average Bonchev–Trinajstić information content (AvgIpc) is 3.32. The summed E-state index contributed by atoms with van der Waals surface area (Å²) in [4.78, 5) is 2.44. The van der Waals surface area contributed by atoms with Crippen molar-refractivity contribution in [1.29, 1.82) is 0 Å². The molecule has 0 radical (unpaired) electrons. The lowest BCUT2D eigenvalue weighted by atomic mass is 9.91. The van der Waals surface area contributed by atoms with Crippen molar-refractivity contribution < 1.29 is 9.84 Å². The Labute approximate surface area is 229 Å². The zero-order chi connectivity index (χ0) is 26.2. The lowest BCUT2D eigenvalue weighted by Crippen LogP contribution is -2.58. The van der Waals surface area contributed by atoms with Gasteiger partial charge in [0.2, 0.25) is 0 Å². The summed E-state index contributed by atoms with van der Waals surface area (Å²) in [6.07, 6.45) is 1.28. The van der Waals surface area contributed by atoms with E-state index in [4.69, 9.17) is 16.3 Å². The van der Waals surface area contributed by atoms with E-state index in [2.05, 4.69) is 82.8 Å². The summed E-state index contributed by atoms with van der Waals surface area (Å²) < 4.78 is 5.78. The fourth-order valence-electron chi connectivity index (χ4n) is 6.15. The Morgan fingerprint density at radius 3 is 2.50 bits per heavy atom. The number of morpholine rings is 1. The fourth-order valence-corrected chi connectivity index (χ4v) is 6.40. The van der Waals surface area contributed by atoms with Gasteiger partial charge < -0.3 is 20.1 Å². The highest BCUT2D eigenvalue weighted by atomic mass is 35.5. The van der Waals surface area contributed by atoms with Gasteiger partial charge in [0.05, 0.1) is 42.6 Å². The van der Waals surface area contributed by atoms with Crippen LogP contribution in [0, 0.1) is 5.92 Å². The zero-order valence-electron chi connectivity index (χ0n) is 21.9. The third-order valence-electron chi connectivity index (χ3n) is 7.99. The van der Waals surface area contributed by atoms with E-state index in [-0.39, 0.29) is 24.2 Å². The van der Waals surface area contributed by atoms with Crippen molar-refractivity contribution >= 4 is 28.2 Å². The molecule has 2 bridgehead atoms. The first-order valence-corrected chi connectivity index (χ1v) is 13.9. The van der Waals surface area contributed by atoms with E-state index >= 15 is 0 Å². The van der Waals surface area contributed by atoms with Crippen LogP contribution in [0.15, 0.2) is 66.7 Å². The fraction of sp³-hybridized carbons (Fsp3) is 0.387. The molecule has 1 aromatic heterocycles. The number of piperidine rings is 1. The third kappa shape index (κ3) is 4.94. The van der Waals surface area contributed by atoms with Crippen LogP contribution in [0.1, 0.15) is 43.9 Å². The Balaban J connectivity index is 1.22. The molecule has 0 aliphatic carbocycles. The van der Waals surface area contributed by atoms with E-state index in [0.29, 0.717) is 19.1 Å². The first-order valence-electron chi connectivity index (χ1n) is 13.6. The van der Waals surface area contributed by atoms with Gasteiger partial charge in [0.1, 0.15) is 0 Å². The number of aliphatic hydroxyl groups excluding tert-OH is 1. The molecule has 2 saturated heterocycles. The Kier molecular flexibility index (Phi) is 7.14. The first-order chi connectivity index (χ1) is 18.5. The molecule has 3 N–H and O–H groups in total. The molecular formula is C31H35ClN4O2. The molecule has 2 fully saturated rings. The molecule has 0 saturated carbocycles. The number of hydrogen-bond donors (Lipinski definition) is 3. The van der Waals surface area contributed by atoms with Gasteiger partial charge in [0, 0.05) is 34.2 Å². The van der Waals surface area contributed by atoms with Crippen LogP contribution >= 0.6 is 11.6 Å². The normalized spacial score (nSPS) is 22.2. The number of anilines is 1. The van der Waals surface area contributed by atoms with Crippen molar-refractivity contribution in [3.05, 3.63) is 82.9 Å². The smallest absolute Gasteiger partial charge is 0.0999 e. The highest BCUT2D eigenvalue weighted by molar-refractivity contribution is 6.31. The minimum atomic E-state index is -0.232. The van der Waals surface area contributed by atoms with Gasteiger partial charge in [0.25, 0.3) is 0 Å². The van der Waals surface area contributed by atoms with Crippen LogP contribution in [0.25, 0.3) is 22.2 Å². The summed E-state index contributed by atoms with van der Waals surface area (Å²) >= 11 is 6.52. The minimum absolute atomic E-state index is 0.163. The molecule has 3 heterocycles. The molecule has 2 aliphatic rings. The zero-order valence-corrected chi connectivity index (χ0v) is 22.7. The van der Waals surface area contributed by atoms with E-state index in [1.807, 2.05) is 18.2 Å². The van der Waals surface area contributed by atoms with Gasteiger partial charge in [0.15, 0.2) is 0 Å². The lowest BCUT2D eigenvalue weighted by molar-refractivity contribution is 0.00124. The van der Waals surface area contributed by atoms with Gasteiger partial charge in [-0.15, -0.1) is 0 Å². The number of hydrogen-bond acceptors (Lipinski definition) is 5. The number of nitrogens with zero attached hydrogens (tertiary/aromatic N) is 2. The Bertz CT molecular complexity index is 1390. The van der Waals surface area contributed by atoms with Gasteiger partial charge in [-0.1, -0.05) is 61.8 Å². The van der Waals surface area contributed by atoms with E-state index in [9.17, 15) is 5.11 Å². The first kappa shape index (κ1) is 25.4. The minimum Gasteiger partial charge on any atom is -0.393 e. The molecule has 6 nitrogen and oxygen atoms in total. The number of rotatable bonds is 7. The van der Waals surface area contributed by atoms with Crippen LogP contribution in [-0.4, -0.2) is 46.7 Å². The van der Waals surface area contributed by atoms with Gasteiger partial charge >= 0.3 is 0 Å². The number of halogens is 1. The molecule has 6 rings (SSSR count). The molecule has 2 aliphatic heterocycles.